The Balaban J connectivity index is 1.67. The molecular formula is C23H22N2O3S2. The maximum Gasteiger partial charge on any atom is 0.265 e. The highest BCUT2D eigenvalue weighted by molar-refractivity contribution is 8.26. The average Bonchev–Trinajstić information content (AvgIpc) is 3.00. The van der Waals surface area contributed by atoms with Crippen LogP contribution in [0.1, 0.15) is 37.5 Å². The molecule has 0 saturated carbocycles. The predicted octanol–water partition coefficient (Wildman–Crippen LogP) is 4.40. The summed E-state index contributed by atoms with van der Waals surface area (Å²) in [6, 6.07) is 13.9. The molecule has 154 valence electrons. The summed E-state index contributed by atoms with van der Waals surface area (Å²) >= 11 is 6.28. The predicted molar refractivity (Wildman–Crippen MR) is 125 cm³/mol. The SMILES string of the molecule is CC(C)(C)c1cccc(CN2C(=O)COc3ccc(C=C4SC(=S)NC4=O)cc32)c1. The maximum atomic E-state index is 12.7. The Kier molecular flexibility index (Phi) is 5.42. The van der Waals surface area contributed by atoms with Gasteiger partial charge in [-0.2, -0.15) is 0 Å². The summed E-state index contributed by atoms with van der Waals surface area (Å²) in [6.45, 7) is 6.98. The van der Waals surface area contributed by atoms with Crippen molar-refractivity contribution in [2.45, 2.75) is 32.7 Å². The summed E-state index contributed by atoms with van der Waals surface area (Å²) in [5.74, 6) is 0.358. The molecule has 1 N–H and O–H groups in total. The molecule has 5 nitrogen and oxygen atoms in total. The molecule has 0 aliphatic carbocycles. The Bertz CT molecular complexity index is 1090. The van der Waals surface area contributed by atoms with E-state index < -0.39 is 0 Å². The van der Waals surface area contributed by atoms with Gasteiger partial charge in [0, 0.05) is 0 Å². The molecule has 0 radical (unpaired) electrons. The van der Waals surface area contributed by atoms with Crippen molar-refractivity contribution in [2.24, 2.45) is 0 Å². The van der Waals surface area contributed by atoms with Gasteiger partial charge < -0.3 is 15.0 Å². The number of benzene rings is 2. The van der Waals surface area contributed by atoms with Crippen LogP contribution in [0.3, 0.4) is 0 Å². The number of ether oxygens (including phenoxy) is 1. The first-order valence-electron chi connectivity index (χ1n) is 9.62. The molecule has 0 bridgehead atoms. The van der Waals surface area contributed by atoms with E-state index in [-0.39, 0.29) is 23.8 Å². The molecule has 30 heavy (non-hydrogen) atoms. The number of nitrogens with zero attached hydrogens (tertiary/aromatic N) is 1. The van der Waals surface area contributed by atoms with E-state index in [4.69, 9.17) is 17.0 Å². The summed E-state index contributed by atoms with van der Waals surface area (Å²) in [4.78, 5) is 26.9. The number of thioether (sulfide) groups is 1. The Morgan fingerprint density at radius 2 is 2.00 bits per heavy atom. The van der Waals surface area contributed by atoms with E-state index in [0.29, 0.717) is 27.2 Å². The Labute approximate surface area is 185 Å². The molecule has 1 saturated heterocycles. The monoisotopic (exact) mass is 438 g/mol. The third kappa shape index (κ3) is 4.27. The Morgan fingerprint density at radius 1 is 1.20 bits per heavy atom. The van der Waals surface area contributed by atoms with E-state index in [2.05, 4.69) is 38.2 Å². The number of carbonyl (C=O) groups is 2. The van der Waals surface area contributed by atoms with Gasteiger partial charge in [0.05, 0.1) is 17.1 Å². The number of hydrogen-bond acceptors (Lipinski definition) is 5. The normalized spacial score (nSPS) is 17.8. The molecule has 7 heteroatoms. The zero-order valence-electron chi connectivity index (χ0n) is 17.0. The third-order valence-corrected chi connectivity index (χ3v) is 6.16. The second kappa shape index (κ2) is 7.89. The smallest absolute Gasteiger partial charge is 0.265 e. The number of thiocarbonyl (C=S) groups is 1. The van der Waals surface area contributed by atoms with Crippen molar-refractivity contribution < 1.29 is 14.3 Å². The van der Waals surface area contributed by atoms with E-state index in [0.717, 1.165) is 11.1 Å². The van der Waals surface area contributed by atoms with Crippen molar-refractivity contribution in [3.8, 4) is 5.75 Å². The molecule has 2 amide bonds. The van der Waals surface area contributed by atoms with Gasteiger partial charge in [-0.05, 0) is 40.3 Å². The minimum absolute atomic E-state index is 0.0128. The van der Waals surface area contributed by atoms with Gasteiger partial charge in [0.1, 0.15) is 10.1 Å². The first-order valence-corrected chi connectivity index (χ1v) is 10.8. The van der Waals surface area contributed by atoms with Crippen LogP contribution in [0.15, 0.2) is 47.4 Å². The van der Waals surface area contributed by atoms with Crippen molar-refractivity contribution in [3.05, 3.63) is 64.1 Å². The van der Waals surface area contributed by atoms with Crippen LogP contribution < -0.4 is 15.0 Å². The van der Waals surface area contributed by atoms with E-state index in [9.17, 15) is 9.59 Å². The van der Waals surface area contributed by atoms with E-state index in [1.54, 1.807) is 11.0 Å². The number of carbonyl (C=O) groups excluding carboxylic acids is 2. The first kappa shape index (κ1) is 20.6. The molecule has 0 unspecified atom stereocenters. The van der Waals surface area contributed by atoms with Crippen molar-refractivity contribution in [1.82, 2.24) is 5.32 Å². The molecule has 2 heterocycles. The fourth-order valence-corrected chi connectivity index (χ4v) is 4.42. The standard InChI is InChI=1S/C23H22N2O3S2/c1-23(2,3)16-6-4-5-15(9-16)12-25-17-10-14(7-8-18(17)28-13-20(25)26)11-19-21(27)24-22(29)30-19/h4-11H,12-13H2,1-3H3,(H,24,27,29). The third-order valence-electron chi connectivity index (χ3n) is 5.00. The van der Waals surface area contributed by atoms with Crippen LogP contribution in [0.5, 0.6) is 5.75 Å². The van der Waals surface area contributed by atoms with Gasteiger partial charge in [0.25, 0.3) is 11.8 Å². The molecule has 0 aromatic heterocycles. The number of fused-ring (bicyclic) bond motifs is 1. The van der Waals surface area contributed by atoms with Crippen molar-refractivity contribution in [1.29, 1.82) is 0 Å². The van der Waals surface area contributed by atoms with E-state index in [1.807, 2.05) is 30.3 Å². The topological polar surface area (TPSA) is 58.6 Å². The Morgan fingerprint density at radius 3 is 2.70 bits per heavy atom. The molecule has 0 spiro atoms. The quantitative estimate of drug-likeness (QED) is 0.569. The molecule has 2 aliphatic heterocycles. The maximum absolute atomic E-state index is 12.7. The number of hydrogen-bond donors (Lipinski definition) is 1. The number of anilines is 1. The van der Waals surface area contributed by atoms with Gasteiger partial charge in [-0.1, -0.05) is 75.1 Å². The molecular weight excluding hydrogens is 416 g/mol. The highest BCUT2D eigenvalue weighted by Crippen LogP contribution is 2.36. The van der Waals surface area contributed by atoms with Crippen LogP contribution in [-0.4, -0.2) is 22.7 Å². The molecule has 4 rings (SSSR count). The van der Waals surface area contributed by atoms with Crippen molar-refractivity contribution in [3.63, 3.8) is 0 Å². The van der Waals surface area contributed by atoms with Crippen LogP contribution >= 0.6 is 24.0 Å². The average molecular weight is 439 g/mol. The zero-order chi connectivity index (χ0) is 21.5. The second-order valence-electron chi connectivity index (χ2n) is 8.30. The highest BCUT2D eigenvalue weighted by Gasteiger charge is 2.27. The Hall–Kier alpha value is -2.64. The second-order valence-corrected chi connectivity index (χ2v) is 10.0. The summed E-state index contributed by atoms with van der Waals surface area (Å²) in [6.07, 6.45) is 1.77. The van der Waals surface area contributed by atoms with Gasteiger partial charge >= 0.3 is 0 Å². The van der Waals surface area contributed by atoms with Gasteiger partial charge in [-0.3, -0.25) is 9.59 Å². The summed E-state index contributed by atoms with van der Waals surface area (Å²) < 4.78 is 6.07. The van der Waals surface area contributed by atoms with Crippen LogP contribution in [0.25, 0.3) is 6.08 Å². The van der Waals surface area contributed by atoms with E-state index >= 15 is 0 Å². The number of nitrogens with one attached hydrogen (secondary N) is 1. The lowest BCUT2D eigenvalue weighted by atomic mass is 9.86. The lowest BCUT2D eigenvalue weighted by Gasteiger charge is -2.30. The van der Waals surface area contributed by atoms with E-state index in [1.165, 1.54) is 17.3 Å². The van der Waals surface area contributed by atoms with Gasteiger partial charge in [0.15, 0.2) is 6.61 Å². The largest absolute Gasteiger partial charge is 0.482 e. The molecule has 1 fully saturated rings. The molecule has 2 aliphatic rings. The fraction of sp³-hybridized carbons (Fsp3) is 0.261. The van der Waals surface area contributed by atoms with Crippen molar-refractivity contribution in [2.75, 3.05) is 11.5 Å². The van der Waals surface area contributed by atoms with Crippen molar-refractivity contribution >= 4 is 51.9 Å². The number of amides is 2. The summed E-state index contributed by atoms with van der Waals surface area (Å²) in [5, 5.41) is 2.61. The molecule has 0 atom stereocenters. The van der Waals surface area contributed by atoms with Crippen LogP contribution in [-0.2, 0) is 21.5 Å². The minimum atomic E-state index is -0.203. The zero-order valence-corrected chi connectivity index (χ0v) is 18.7. The van der Waals surface area contributed by atoms with Crippen LogP contribution in [0, 0.1) is 0 Å². The molecule has 2 aromatic rings. The fourth-order valence-electron chi connectivity index (χ4n) is 3.37. The van der Waals surface area contributed by atoms with Gasteiger partial charge in [-0.25, -0.2) is 0 Å². The lowest BCUT2D eigenvalue weighted by Crippen LogP contribution is -2.38. The van der Waals surface area contributed by atoms with Gasteiger partial charge in [0.2, 0.25) is 0 Å². The summed E-state index contributed by atoms with van der Waals surface area (Å²) in [7, 11) is 0. The highest BCUT2D eigenvalue weighted by atomic mass is 32.2. The minimum Gasteiger partial charge on any atom is -0.482 e. The van der Waals surface area contributed by atoms with Crippen LogP contribution in [0.4, 0.5) is 5.69 Å². The summed E-state index contributed by atoms with van der Waals surface area (Å²) in [5.41, 5.74) is 3.82. The number of rotatable bonds is 3. The molecule has 2 aromatic carbocycles. The lowest BCUT2D eigenvalue weighted by molar-refractivity contribution is -0.121. The first-order chi connectivity index (χ1) is 14.2. The van der Waals surface area contributed by atoms with Crippen LogP contribution in [0.2, 0.25) is 0 Å². The van der Waals surface area contributed by atoms with Gasteiger partial charge in [-0.15, -0.1) is 0 Å².